The normalized spacial score (nSPS) is 22.8. The van der Waals surface area contributed by atoms with Gasteiger partial charge in [0, 0.05) is 57.5 Å². The molecule has 1 amide bonds. The second-order valence-electron chi connectivity index (χ2n) is 10.5. The number of aliphatic hydroxyl groups is 1. The van der Waals surface area contributed by atoms with Crippen molar-refractivity contribution in [2.45, 2.75) is 56.5 Å². The smallest absolute Gasteiger partial charge is 0.403 e. The third kappa shape index (κ3) is 6.31. The number of nitrogens with zero attached hydrogens (tertiary/aromatic N) is 4. The lowest BCUT2D eigenvalue weighted by Gasteiger charge is -2.38. The molecular formula is C27H33F4N5O4. The molecule has 13 heteroatoms. The van der Waals surface area contributed by atoms with Gasteiger partial charge in [0.25, 0.3) is 0 Å². The molecule has 3 atom stereocenters. The quantitative estimate of drug-likeness (QED) is 0.492. The summed E-state index contributed by atoms with van der Waals surface area (Å²) in [5.74, 6) is -2.29. The fraction of sp³-hybridized carbons (Fsp3) is 0.593. The van der Waals surface area contributed by atoms with Crippen molar-refractivity contribution in [2.75, 3.05) is 50.8 Å². The lowest BCUT2D eigenvalue weighted by molar-refractivity contribution is -0.275. The minimum absolute atomic E-state index is 0.112. The molecule has 218 valence electrons. The average molecular weight is 568 g/mol. The van der Waals surface area contributed by atoms with Gasteiger partial charge in [0.05, 0.1) is 17.7 Å². The van der Waals surface area contributed by atoms with Crippen LogP contribution in [0.2, 0.25) is 0 Å². The average Bonchev–Trinajstić information content (AvgIpc) is 3.23. The molecule has 3 aliphatic rings. The van der Waals surface area contributed by atoms with Gasteiger partial charge in [0.1, 0.15) is 12.1 Å². The number of benzene rings is 1. The van der Waals surface area contributed by atoms with Crippen LogP contribution >= 0.6 is 0 Å². The molecule has 1 aliphatic carbocycles. The molecular weight excluding hydrogens is 534 g/mol. The first-order valence-corrected chi connectivity index (χ1v) is 13.5. The maximum atomic E-state index is 14.6. The predicted octanol–water partition coefficient (Wildman–Crippen LogP) is 3.26. The molecule has 2 fully saturated rings. The van der Waals surface area contributed by atoms with Gasteiger partial charge in [-0.3, -0.25) is 4.79 Å². The van der Waals surface area contributed by atoms with Crippen LogP contribution in [0.1, 0.15) is 60.9 Å². The van der Waals surface area contributed by atoms with E-state index < -0.39 is 30.0 Å². The number of alkyl halides is 3. The zero-order valence-corrected chi connectivity index (χ0v) is 22.2. The Labute approximate surface area is 229 Å². The molecule has 2 aromatic rings. The Morgan fingerprint density at radius 2 is 1.93 bits per heavy atom. The van der Waals surface area contributed by atoms with Gasteiger partial charge in [-0.15, -0.1) is 13.2 Å². The first-order chi connectivity index (χ1) is 19.1. The minimum Gasteiger partial charge on any atom is -0.403 e. The van der Waals surface area contributed by atoms with Gasteiger partial charge >= 0.3 is 6.36 Å². The molecule has 5 rings (SSSR count). The molecule has 0 saturated carbocycles. The second kappa shape index (κ2) is 11.8. The molecule has 2 saturated heterocycles. The number of rotatable bonds is 7. The lowest BCUT2D eigenvalue weighted by Crippen LogP contribution is -2.52. The number of nitrogens with one attached hydrogen (secondary N) is 1. The fourth-order valence-corrected chi connectivity index (χ4v) is 5.79. The number of aromatic nitrogens is 2. The molecule has 1 aromatic carbocycles. The van der Waals surface area contributed by atoms with Crippen LogP contribution in [0.15, 0.2) is 24.5 Å². The highest BCUT2D eigenvalue weighted by Gasteiger charge is 2.36. The van der Waals surface area contributed by atoms with Crippen molar-refractivity contribution in [2.24, 2.45) is 0 Å². The van der Waals surface area contributed by atoms with Crippen LogP contribution in [0.5, 0.6) is 5.75 Å². The fourth-order valence-electron chi connectivity index (χ4n) is 5.79. The summed E-state index contributed by atoms with van der Waals surface area (Å²) in [5, 5.41) is 13.7. The van der Waals surface area contributed by atoms with E-state index in [2.05, 4.69) is 24.9 Å². The Balaban J connectivity index is 1.31. The van der Waals surface area contributed by atoms with Crippen molar-refractivity contribution in [3.63, 3.8) is 0 Å². The van der Waals surface area contributed by atoms with Crippen LogP contribution in [0.25, 0.3) is 0 Å². The number of hydrogen-bond donors (Lipinski definition) is 2. The number of piperazine rings is 1. The van der Waals surface area contributed by atoms with Crippen molar-refractivity contribution >= 4 is 11.7 Å². The highest BCUT2D eigenvalue weighted by Crippen LogP contribution is 2.43. The largest absolute Gasteiger partial charge is 0.573 e. The Hall–Kier alpha value is -3.03. The second-order valence-corrected chi connectivity index (χ2v) is 10.5. The number of ether oxygens (including phenoxy) is 2. The number of carbonyl (C=O) groups excluding carboxylic acids is 1. The zero-order valence-electron chi connectivity index (χ0n) is 22.2. The van der Waals surface area contributed by atoms with Crippen LogP contribution in [0, 0.1) is 5.82 Å². The van der Waals surface area contributed by atoms with E-state index in [0.29, 0.717) is 51.5 Å². The van der Waals surface area contributed by atoms with Crippen molar-refractivity contribution in [3.05, 3.63) is 47.2 Å². The van der Waals surface area contributed by atoms with Crippen LogP contribution in [0.3, 0.4) is 0 Å². The molecule has 9 nitrogen and oxygen atoms in total. The van der Waals surface area contributed by atoms with E-state index in [1.54, 1.807) is 4.90 Å². The maximum absolute atomic E-state index is 14.6. The van der Waals surface area contributed by atoms with E-state index in [1.807, 2.05) is 6.92 Å². The van der Waals surface area contributed by atoms with Gasteiger partial charge in [-0.25, -0.2) is 14.4 Å². The van der Waals surface area contributed by atoms with Gasteiger partial charge in [-0.2, -0.15) is 0 Å². The van der Waals surface area contributed by atoms with Gasteiger partial charge in [-0.1, -0.05) is 13.0 Å². The third-order valence-corrected chi connectivity index (χ3v) is 7.88. The standard InChI is InChI=1S/C27H33F4N5O4/c1-16-12-21(37)24-23(16)25(34-15-33-24)35-6-8-36(9-7-35)26(38)19(14-32-18-4-10-39-11-5-18)17-2-3-22(20(28)13-17)40-27(29,30)31/h2-3,13,15-16,18-19,21,32,37H,4-12,14H2,1H3/t16-,19-,21-/m1/s1. The number of fused-ring (bicyclic) bond motifs is 1. The molecule has 2 N–H and O–H groups in total. The highest BCUT2D eigenvalue weighted by atomic mass is 19.4. The first-order valence-electron chi connectivity index (χ1n) is 13.5. The molecule has 1 aromatic heterocycles. The zero-order chi connectivity index (χ0) is 28.4. The Kier molecular flexibility index (Phi) is 8.43. The van der Waals surface area contributed by atoms with E-state index in [1.165, 1.54) is 12.4 Å². The molecule has 2 aliphatic heterocycles. The summed E-state index contributed by atoms with van der Waals surface area (Å²) in [6, 6.07) is 3.29. The lowest BCUT2D eigenvalue weighted by atomic mass is 9.95. The number of aliphatic hydroxyl groups excluding tert-OH is 1. The maximum Gasteiger partial charge on any atom is 0.573 e. The number of hydrogen-bond acceptors (Lipinski definition) is 8. The van der Waals surface area contributed by atoms with Crippen LogP contribution in [-0.2, 0) is 9.53 Å². The van der Waals surface area contributed by atoms with Gasteiger partial charge in [-0.05, 0) is 42.9 Å². The summed E-state index contributed by atoms with van der Waals surface area (Å²) in [6.07, 6.45) is -2.07. The minimum atomic E-state index is -5.03. The Morgan fingerprint density at radius 3 is 2.60 bits per heavy atom. The number of amides is 1. The van der Waals surface area contributed by atoms with E-state index in [-0.39, 0.29) is 30.0 Å². The first kappa shape index (κ1) is 28.5. The van der Waals surface area contributed by atoms with Crippen molar-refractivity contribution in [1.29, 1.82) is 0 Å². The van der Waals surface area contributed by atoms with Gasteiger partial charge < -0.3 is 29.7 Å². The number of carbonyl (C=O) groups is 1. The van der Waals surface area contributed by atoms with Gasteiger partial charge in [0.2, 0.25) is 5.91 Å². The van der Waals surface area contributed by atoms with Crippen LogP contribution < -0.4 is 15.0 Å². The molecule has 3 heterocycles. The summed E-state index contributed by atoms with van der Waals surface area (Å²) in [5.41, 5.74) is 1.86. The highest BCUT2D eigenvalue weighted by molar-refractivity contribution is 5.84. The summed E-state index contributed by atoms with van der Waals surface area (Å²) in [6.45, 7) is 5.21. The molecule has 0 spiro atoms. The van der Waals surface area contributed by atoms with E-state index >= 15 is 0 Å². The van der Waals surface area contributed by atoms with Crippen LogP contribution in [0.4, 0.5) is 23.4 Å². The predicted molar refractivity (Wildman–Crippen MR) is 136 cm³/mol. The van der Waals surface area contributed by atoms with Crippen molar-refractivity contribution in [3.8, 4) is 5.75 Å². The van der Waals surface area contributed by atoms with E-state index in [0.717, 1.165) is 36.4 Å². The third-order valence-electron chi connectivity index (χ3n) is 7.88. The Bertz CT molecular complexity index is 1200. The summed E-state index contributed by atoms with van der Waals surface area (Å²) in [7, 11) is 0. The molecule has 0 radical (unpaired) electrons. The van der Waals surface area contributed by atoms with Crippen molar-refractivity contribution < 1.29 is 36.9 Å². The van der Waals surface area contributed by atoms with Crippen molar-refractivity contribution in [1.82, 2.24) is 20.2 Å². The molecule has 0 unspecified atom stereocenters. The topological polar surface area (TPSA) is 100 Å². The van der Waals surface area contributed by atoms with E-state index in [4.69, 9.17) is 4.74 Å². The summed E-state index contributed by atoms with van der Waals surface area (Å²) < 4.78 is 61.7. The summed E-state index contributed by atoms with van der Waals surface area (Å²) in [4.78, 5) is 26.3. The van der Waals surface area contributed by atoms with Gasteiger partial charge in [0.15, 0.2) is 11.6 Å². The molecule has 40 heavy (non-hydrogen) atoms. The number of anilines is 1. The SMILES string of the molecule is C[C@@H]1C[C@@H](O)c2ncnc(N3CCN(C(=O)[C@H](CNC4CCOCC4)c4ccc(OC(F)(F)F)c(F)c4)CC3)c21. The summed E-state index contributed by atoms with van der Waals surface area (Å²) >= 11 is 0. The van der Waals surface area contributed by atoms with E-state index in [9.17, 15) is 27.5 Å². The van der Waals surface area contributed by atoms with Crippen LogP contribution in [-0.4, -0.2) is 84.2 Å². The number of halogens is 4. The Morgan fingerprint density at radius 1 is 1.20 bits per heavy atom. The molecule has 0 bridgehead atoms. The monoisotopic (exact) mass is 567 g/mol.